The maximum absolute atomic E-state index is 13.7. The molecule has 2 heterocycles. The van der Waals surface area contributed by atoms with Crippen molar-refractivity contribution in [3.63, 3.8) is 0 Å². The van der Waals surface area contributed by atoms with Gasteiger partial charge in [0.2, 0.25) is 12.7 Å². The topological polar surface area (TPSA) is 107 Å². The molecule has 1 aromatic heterocycles. The first-order chi connectivity index (χ1) is 18.7. The Morgan fingerprint density at radius 2 is 1.82 bits per heavy atom. The van der Waals surface area contributed by atoms with Crippen LogP contribution in [0.3, 0.4) is 0 Å². The molecule has 2 N–H and O–H groups in total. The van der Waals surface area contributed by atoms with Crippen molar-refractivity contribution in [2.24, 2.45) is 0 Å². The molecule has 1 aliphatic heterocycles. The third-order valence-electron chi connectivity index (χ3n) is 6.65. The van der Waals surface area contributed by atoms with Crippen molar-refractivity contribution < 1.29 is 24.2 Å². The number of amides is 1. The predicted octanol–water partition coefficient (Wildman–Crippen LogP) is 5.85. The molecule has 0 saturated heterocycles. The Bertz CT molecular complexity index is 1420. The minimum atomic E-state index is -1.07. The Labute approximate surface area is 236 Å². The number of carbonyl (C=O) groups is 2. The van der Waals surface area contributed by atoms with Gasteiger partial charge in [0.05, 0.1) is 12.5 Å². The highest BCUT2D eigenvalue weighted by Gasteiger charge is 2.28. The van der Waals surface area contributed by atoms with Crippen LogP contribution in [0.5, 0.6) is 11.5 Å². The second-order valence-electron chi connectivity index (χ2n) is 9.56. The van der Waals surface area contributed by atoms with Crippen LogP contribution in [0.1, 0.15) is 66.9 Å². The van der Waals surface area contributed by atoms with Crippen molar-refractivity contribution in [1.29, 1.82) is 0 Å². The maximum atomic E-state index is 13.7. The highest BCUT2D eigenvalue weighted by molar-refractivity contribution is 6.36. The summed E-state index contributed by atoms with van der Waals surface area (Å²) in [5.74, 6) is -0.480. The van der Waals surface area contributed by atoms with Crippen molar-refractivity contribution in [1.82, 2.24) is 9.88 Å². The molecule has 0 saturated carbocycles. The molecule has 8 nitrogen and oxygen atoms in total. The first-order valence-corrected chi connectivity index (χ1v) is 13.5. The van der Waals surface area contributed by atoms with Gasteiger partial charge in [-0.25, -0.2) is 0 Å². The van der Waals surface area contributed by atoms with Crippen LogP contribution in [0.25, 0.3) is 0 Å². The van der Waals surface area contributed by atoms with Crippen molar-refractivity contribution in [3.8, 4) is 11.5 Å². The maximum Gasteiger partial charge on any atom is 0.305 e. The van der Waals surface area contributed by atoms with Crippen LogP contribution in [-0.2, 0) is 16.0 Å². The van der Waals surface area contributed by atoms with Crippen molar-refractivity contribution in [2.45, 2.75) is 58.0 Å². The number of ether oxygens (including phenoxy) is 2. The van der Waals surface area contributed by atoms with Gasteiger partial charge < -0.3 is 24.5 Å². The fourth-order valence-electron chi connectivity index (χ4n) is 4.69. The lowest BCUT2D eigenvalue weighted by Crippen LogP contribution is -2.40. The van der Waals surface area contributed by atoms with Crippen LogP contribution in [0.4, 0.5) is 0 Å². The third-order valence-corrected chi connectivity index (χ3v) is 7.35. The van der Waals surface area contributed by atoms with E-state index in [1.54, 1.807) is 48.7 Å². The number of halogens is 2. The molecule has 0 aliphatic carbocycles. The molecule has 0 spiro atoms. The Balaban J connectivity index is 1.68. The van der Waals surface area contributed by atoms with E-state index in [0.717, 1.165) is 12.0 Å². The minimum Gasteiger partial charge on any atom is -0.481 e. The number of fused-ring (bicyclic) bond motifs is 1. The van der Waals surface area contributed by atoms with Gasteiger partial charge in [0.1, 0.15) is 6.04 Å². The van der Waals surface area contributed by atoms with E-state index in [4.69, 9.17) is 32.7 Å². The Hall–Kier alpha value is -3.49. The molecule has 0 unspecified atom stereocenters. The summed E-state index contributed by atoms with van der Waals surface area (Å²) in [7, 11) is 0. The Morgan fingerprint density at radius 3 is 2.51 bits per heavy atom. The molecular weight excluding hydrogens is 543 g/mol. The number of pyridine rings is 1. The molecule has 0 fully saturated rings. The zero-order chi connectivity index (χ0) is 28.1. The van der Waals surface area contributed by atoms with Gasteiger partial charge >= 0.3 is 5.97 Å². The van der Waals surface area contributed by atoms with E-state index in [2.05, 4.69) is 5.32 Å². The number of nitrogens with one attached hydrogen (secondary N) is 1. The summed E-state index contributed by atoms with van der Waals surface area (Å²) < 4.78 is 12.2. The van der Waals surface area contributed by atoms with E-state index in [1.807, 2.05) is 13.8 Å². The smallest absolute Gasteiger partial charge is 0.305 e. The minimum absolute atomic E-state index is 0.0752. The lowest BCUT2D eigenvalue weighted by molar-refractivity contribution is -0.138. The number of benzene rings is 2. The SMILES string of the molecule is CCCC[C@@H](C(=O)N[C@@H](CC(=O)O)c1ccc2c(c1)OCO2)n1cc(C)cc(Cc2c(Cl)cccc2Cl)c1=O. The zero-order valence-corrected chi connectivity index (χ0v) is 23.2. The molecule has 2 atom stereocenters. The number of rotatable bonds is 11. The van der Waals surface area contributed by atoms with Crippen LogP contribution >= 0.6 is 23.2 Å². The summed E-state index contributed by atoms with van der Waals surface area (Å²) in [4.78, 5) is 39.1. The van der Waals surface area contributed by atoms with Crippen molar-refractivity contribution >= 4 is 35.1 Å². The van der Waals surface area contributed by atoms with Crippen LogP contribution in [0.2, 0.25) is 10.0 Å². The molecule has 2 aromatic carbocycles. The highest BCUT2D eigenvalue weighted by Crippen LogP contribution is 2.35. The first-order valence-electron chi connectivity index (χ1n) is 12.7. The van der Waals surface area contributed by atoms with Gasteiger partial charge in [-0.1, -0.05) is 55.1 Å². The number of hydrogen-bond donors (Lipinski definition) is 2. The van der Waals surface area contributed by atoms with Gasteiger partial charge in [-0.05, 0) is 60.4 Å². The van der Waals surface area contributed by atoms with Gasteiger partial charge in [0, 0.05) is 28.2 Å². The van der Waals surface area contributed by atoms with Gasteiger partial charge in [0.25, 0.3) is 5.56 Å². The van der Waals surface area contributed by atoms with Crippen LogP contribution < -0.4 is 20.3 Å². The number of aliphatic carboxylic acids is 1. The van der Waals surface area contributed by atoms with Crippen molar-refractivity contribution in [2.75, 3.05) is 6.79 Å². The number of carbonyl (C=O) groups excluding carboxylic acids is 1. The molecule has 10 heteroatoms. The van der Waals surface area contributed by atoms with E-state index in [1.165, 1.54) is 4.57 Å². The van der Waals surface area contributed by atoms with E-state index in [0.29, 0.717) is 51.1 Å². The molecule has 1 aliphatic rings. The quantitative estimate of drug-likeness (QED) is 0.298. The average Bonchev–Trinajstić information content (AvgIpc) is 3.36. The van der Waals surface area contributed by atoms with E-state index in [-0.39, 0.29) is 25.2 Å². The largest absolute Gasteiger partial charge is 0.481 e. The lowest BCUT2D eigenvalue weighted by atomic mass is 10.0. The third kappa shape index (κ3) is 6.75. The van der Waals surface area contributed by atoms with Gasteiger partial charge in [-0.3, -0.25) is 14.4 Å². The predicted molar refractivity (Wildman–Crippen MR) is 149 cm³/mol. The summed E-state index contributed by atoms with van der Waals surface area (Å²) in [5.41, 5.74) is 2.12. The normalized spacial score (nSPS) is 13.6. The fourth-order valence-corrected chi connectivity index (χ4v) is 5.22. The number of unbranched alkanes of at least 4 members (excludes halogenated alkanes) is 1. The average molecular weight is 573 g/mol. The molecule has 3 aromatic rings. The van der Waals surface area contributed by atoms with E-state index in [9.17, 15) is 19.5 Å². The van der Waals surface area contributed by atoms with Gasteiger partial charge in [-0.2, -0.15) is 0 Å². The van der Waals surface area contributed by atoms with Crippen molar-refractivity contribution in [3.05, 3.63) is 91.3 Å². The molecule has 0 bridgehead atoms. The van der Waals surface area contributed by atoms with E-state index < -0.39 is 24.0 Å². The Morgan fingerprint density at radius 1 is 1.10 bits per heavy atom. The highest BCUT2D eigenvalue weighted by atomic mass is 35.5. The molecule has 4 rings (SSSR count). The molecule has 206 valence electrons. The van der Waals surface area contributed by atoms with Gasteiger partial charge in [-0.15, -0.1) is 0 Å². The van der Waals surface area contributed by atoms with Crippen LogP contribution in [-0.4, -0.2) is 28.3 Å². The molecular formula is C29H30Cl2N2O6. The standard InChI is InChI=1S/C29H30Cl2N2O6/c1-3-4-8-24(28(36)32-23(14-27(34)35)18-9-10-25-26(13-18)39-16-38-25)33-15-17(2)11-19(29(33)37)12-20-21(30)6-5-7-22(20)31/h5-7,9-11,13,15,23-24H,3-4,8,12,14,16H2,1-2H3,(H,32,36)(H,34,35)/t23-,24-/m0/s1. The monoisotopic (exact) mass is 572 g/mol. The summed E-state index contributed by atoms with van der Waals surface area (Å²) in [6.45, 7) is 3.92. The summed E-state index contributed by atoms with van der Waals surface area (Å²) in [6.07, 6.45) is 3.43. The molecule has 1 amide bonds. The summed E-state index contributed by atoms with van der Waals surface area (Å²) in [6, 6.07) is 10.3. The number of carboxylic acid groups (broad SMARTS) is 1. The molecule has 0 radical (unpaired) electrons. The summed E-state index contributed by atoms with van der Waals surface area (Å²) in [5, 5.41) is 13.4. The van der Waals surface area contributed by atoms with Gasteiger partial charge in [0.15, 0.2) is 11.5 Å². The second kappa shape index (κ2) is 12.6. The summed E-state index contributed by atoms with van der Waals surface area (Å²) >= 11 is 12.7. The second-order valence-corrected chi connectivity index (χ2v) is 10.4. The zero-order valence-electron chi connectivity index (χ0n) is 21.7. The number of aryl methyl sites for hydroxylation is 1. The van der Waals surface area contributed by atoms with E-state index >= 15 is 0 Å². The number of nitrogens with zero attached hydrogens (tertiary/aromatic N) is 1. The lowest BCUT2D eigenvalue weighted by Gasteiger charge is -2.25. The van der Waals surface area contributed by atoms with Crippen LogP contribution in [0.15, 0.2) is 53.5 Å². The molecule has 39 heavy (non-hydrogen) atoms. The number of carboxylic acids is 1. The number of hydrogen-bond acceptors (Lipinski definition) is 5. The van der Waals surface area contributed by atoms with Crippen LogP contribution in [0, 0.1) is 6.92 Å². The first kappa shape index (κ1) is 28.5. The Kier molecular flexibility index (Phi) is 9.20. The fraction of sp³-hybridized carbons (Fsp3) is 0.345. The number of aromatic nitrogens is 1.